The topological polar surface area (TPSA) is 96.9 Å². The van der Waals surface area contributed by atoms with Crippen LogP contribution in [0.1, 0.15) is 5.69 Å². The normalized spacial score (nSPS) is 11.5. The molecule has 0 bridgehead atoms. The van der Waals surface area contributed by atoms with Crippen LogP contribution in [0.3, 0.4) is 0 Å². The van der Waals surface area contributed by atoms with Crippen LogP contribution in [0.15, 0.2) is 30.9 Å². The van der Waals surface area contributed by atoms with E-state index in [0.717, 1.165) is 11.3 Å². The molecule has 0 aliphatic heterocycles. The maximum atomic E-state index is 10.6. The second-order valence-corrected chi connectivity index (χ2v) is 5.58. The minimum Gasteiger partial charge on any atom is -0.285 e. The summed E-state index contributed by atoms with van der Waals surface area (Å²) in [7, 11) is -3.97. The number of hydrogen-bond acceptors (Lipinski definition) is 5. The standard InChI is InChI=1S/C11H12N4O3S/c1-9-6-12-8-11(14-9)10-2-3-15(13-7-10)4-5-19(16,17)18/h2-3,6-8H,4-5H2,1H3/p+1. The molecule has 0 saturated heterocycles. The molecule has 2 rings (SSSR count). The Bertz CT molecular complexity index is 671. The van der Waals surface area contributed by atoms with Crippen molar-refractivity contribution in [3.63, 3.8) is 0 Å². The molecule has 8 heteroatoms. The molecule has 1 N–H and O–H groups in total. The highest BCUT2D eigenvalue weighted by molar-refractivity contribution is 7.85. The third-order valence-electron chi connectivity index (χ3n) is 2.40. The van der Waals surface area contributed by atoms with Crippen molar-refractivity contribution >= 4 is 10.1 Å². The van der Waals surface area contributed by atoms with E-state index >= 15 is 0 Å². The molecule has 0 radical (unpaired) electrons. The molecule has 2 aromatic heterocycles. The lowest BCUT2D eigenvalue weighted by Gasteiger charge is -1.99. The first-order chi connectivity index (χ1) is 8.94. The quantitative estimate of drug-likeness (QED) is 0.627. The van der Waals surface area contributed by atoms with Crippen LogP contribution < -0.4 is 4.68 Å². The van der Waals surface area contributed by atoms with Crippen LogP contribution in [-0.2, 0) is 16.7 Å². The fraction of sp³-hybridized carbons (Fsp3) is 0.273. The predicted molar refractivity (Wildman–Crippen MR) is 66.6 cm³/mol. The highest BCUT2D eigenvalue weighted by Crippen LogP contribution is 2.12. The van der Waals surface area contributed by atoms with Gasteiger partial charge in [-0.2, -0.15) is 8.42 Å². The van der Waals surface area contributed by atoms with Gasteiger partial charge in [0.05, 0.1) is 17.6 Å². The molecule has 0 aliphatic rings. The molecule has 0 aromatic carbocycles. The molecule has 2 aromatic rings. The third kappa shape index (κ3) is 4.04. The Kier molecular flexibility index (Phi) is 3.82. The summed E-state index contributed by atoms with van der Waals surface area (Å²) < 4.78 is 31.3. The Hall–Kier alpha value is -1.93. The highest BCUT2D eigenvalue weighted by Gasteiger charge is 2.11. The second kappa shape index (κ2) is 5.37. The van der Waals surface area contributed by atoms with Crippen molar-refractivity contribution < 1.29 is 17.7 Å². The zero-order chi connectivity index (χ0) is 13.9. The lowest BCUT2D eigenvalue weighted by atomic mass is 10.2. The maximum absolute atomic E-state index is 10.6. The van der Waals surface area contributed by atoms with Gasteiger partial charge < -0.3 is 0 Å². The maximum Gasteiger partial charge on any atom is 0.271 e. The van der Waals surface area contributed by atoms with Crippen molar-refractivity contribution in [1.82, 2.24) is 15.1 Å². The largest absolute Gasteiger partial charge is 0.285 e. The summed E-state index contributed by atoms with van der Waals surface area (Å²) in [5, 5.41) is 4.06. The van der Waals surface area contributed by atoms with E-state index < -0.39 is 10.1 Å². The third-order valence-corrected chi connectivity index (χ3v) is 3.10. The minimum absolute atomic E-state index is 0.0958. The summed E-state index contributed by atoms with van der Waals surface area (Å²) in [6.07, 6.45) is 6.50. The van der Waals surface area contributed by atoms with E-state index in [1.165, 1.54) is 4.68 Å². The van der Waals surface area contributed by atoms with Crippen molar-refractivity contribution in [3.05, 3.63) is 36.5 Å². The van der Waals surface area contributed by atoms with E-state index in [0.29, 0.717) is 5.69 Å². The number of aryl methyl sites for hydroxylation is 2. The Morgan fingerprint density at radius 3 is 2.68 bits per heavy atom. The lowest BCUT2D eigenvalue weighted by Crippen LogP contribution is -2.40. The van der Waals surface area contributed by atoms with Crippen molar-refractivity contribution in [3.8, 4) is 11.3 Å². The van der Waals surface area contributed by atoms with E-state index in [9.17, 15) is 8.42 Å². The SMILES string of the molecule is Cc1cncc(-c2cc[n+](CCS(=O)(=O)O)nc2)n1. The Balaban J connectivity index is 2.15. The van der Waals surface area contributed by atoms with Gasteiger partial charge in [-0.1, -0.05) is 4.68 Å². The molecular formula is C11H13N4O3S+. The van der Waals surface area contributed by atoms with Crippen LogP contribution in [0.25, 0.3) is 11.3 Å². The van der Waals surface area contributed by atoms with E-state index in [1.54, 1.807) is 30.9 Å². The molecule has 0 amide bonds. The van der Waals surface area contributed by atoms with Gasteiger partial charge >= 0.3 is 0 Å². The highest BCUT2D eigenvalue weighted by atomic mass is 32.2. The zero-order valence-corrected chi connectivity index (χ0v) is 11.1. The van der Waals surface area contributed by atoms with Gasteiger partial charge in [-0.3, -0.25) is 9.54 Å². The first-order valence-electron chi connectivity index (χ1n) is 5.54. The number of rotatable bonds is 4. The molecule has 0 saturated carbocycles. The van der Waals surface area contributed by atoms with Gasteiger partial charge in [-0.05, 0) is 12.0 Å². The van der Waals surface area contributed by atoms with E-state index in [2.05, 4.69) is 15.1 Å². The first-order valence-corrected chi connectivity index (χ1v) is 7.15. The fourth-order valence-electron chi connectivity index (χ4n) is 1.48. The number of aromatic nitrogens is 4. The van der Waals surface area contributed by atoms with Gasteiger partial charge in [0.2, 0.25) is 0 Å². The van der Waals surface area contributed by atoms with Gasteiger partial charge in [-0.25, -0.2) is 4.98 Å². The zero-order valence-electron chi connectivity index (χ0n) is 10.3. The predicted octanol–water partition coefficient (Wildman–Crippen LogP) is 0.0223. The van der Waals surface area contributed by atoms with Crippen LogP contribution in [0.5, 0.6) is 0 Å². The molecule has 19 heavy (non-hydrogen) atoms. The summed E-state index contributed by atoms with van der Waals surface area (Å²) in [4.78, 5) is 8.35. The molecule has 0 spiro atoms. The van der Waals surface area contributed by atoms with Gasteiger partial charge in [0.25, 0.3) is 10.1 Å². The molecular weight excluding hydrogens is 268 g/mol. The van der Waals surface area contributed by atoms with E-state index in [4.69, 9.17) is 4.55 Å². The van der Waals surface area contributed by atoms with E-state index in [-0.39, 0.29) is 12.3 Å². The second-order valence-electron chi connectivity index (χ2n) is 4.01. The molecule has 7 nitrogen and oxygen atoms in total. The van der Waals surface area contributed by atoms with Crippen LogP contribution in [-0.4, -0.2) is 33.8 Å². The minimum atomic E-state index is -3.97. The summed E-state index contributed by atoms with van der Waals surface area (Å²) in [6.45, 7) is 1.94. The summed E-state index contributed by atoms with van der Waals surface area (Å²) in [5.41, 5.74) is 2.30. The average molecular weight is 281 g/mol. The van der Waals surface area contributed by atoms with Crippen LogP contribution in [0, 0.1) is 6.92 Å². The van der Waals surface area contributed by atoms with Crippen molar-refractivity contribution in [2.75, 3.05) is 5.75 Å². The van der Waals surface area contributed by atoms with Gasteiger partial charge in [0, 0.05) is 17.8 Å². The number of nitrogens with zero attached hydrogens (tertiary/aromatic N) is 4. The van der Waals surface area contributed by atoms with Gasteiger partial charge in [-0.15, -0.1) is 0 Å². The number of hydrogen-bond donors (Lipinski definition) is 1. The van der Waals surface area contributed by atoms with Crippen LogP contribution in [0.4, 0.5) is 0 Å². The van der Waals surface area contributed by atoms with Crippen molar-refractivity contribution in [2.24, 2.45) is 0 Å². The van der Waals surface area contributed by atoms with E-state index in [1.807, 2.05) is 6.92 Å². The smallest absolute Gasteiger partial charge is 0.271 e. The molecule has 2 heterocycles. The van der Waals surface area contributed by atoms with Crippen LogP contribution in [0.2, 0.25) is 0 Å². The molecule has 0 atom stereocenters. The molecule has 100 valence electrons. The Morgan fingerprint density at radius 1 is 1.32 bits per heavy atom. The monoisotopic (exact) mass is 281 g/mol. The average Bonchev–Trinajstić information content (AvgIpc) is 2.36. The summed E-state index contributed by atoms with van der Waals surface area (Å²) in [5.74, 6) is -0.367. The Labute approximate surface area is 110 Å². The first kappa shape index (κ1) is 13.5. The fourth-order valence-corrected chi connectivity index (χ4v) is 1.90. The summed E-state index contributed by atoms with van der Waals surface area (Å²) in [6, 6.07) is 1.76. The van der Waals surface area contributed by atoms with Crippen LogP contribution >= 0.6 is 0 Å². The lowest BCUT2D eigenvalue weighted by molar-refractivity contribution is -0.750. The van der Waals surface area contributed by atoms with Crippen molar-refractivity contribution in [2.45, 2.75) is 13.5 Å². The van der Waals surface area contributed by atoms with Gasteiger partial charge in [0.15, 0.2) is 12.7 Å². The Morgan fingerprint density at radius 2 is 2.11 bits per heavy atom. The molecule has 0 fully saturated rings. The van der Waals surface area contributed by atoms with Gasteiger partial charge in [0.1, 0.15) is 11.9 Å². The molecule has 0 aliphatic carbocycles. The van der Waals surface area contributed by atoms with Crippen molar-refractivity contribution in [1.29, 1.82) is 0 Å². The summed E-state index contributed by atoms with van der Waals surface area (Å²) >= 11 is 0. The molecule has 0 unspecified atom stereocenters.